The third kappa shape index (κ3) is 2.57. The van der Waals surface area contributed by atoms with Gasteiger partial charge in [0.05, 0.1) is 0 Å². The van der Waals surface area contributed by atoms with Gasteiger partial charge >= 0.3 is 0 Å². The molecule has 1 fully saturated rings. The predicted octanol–water partition coefficient (Wildman–Crippen LogP) is 3.74. The van der Waals surface area contributed by atoms with E-state index < -0.39 is 0 Å². The number of nitrogens with one attached hydrogen (secondary N) is 1. The van der Waals surface area contributed by atoms with Crippen LogP contribution in [0.5, 0.6) is 0 Å². The maximum atomic E-state index is 3.82. The lowest BCUT2D eigenvalue weighted by Gasteiger charge is -2.49. The Kier molecular flexibility index (Phi) is 4.33. The molecule has 1 saturated heterocycles. The van der Waals surface area contributed by atoms with Crippen LogP contribution in [0.4, 0.5) is 5.69 Å². The van der Waals surface area contributed by atoms with Gasteiger partial charge in [-0.2, -0.15) is 11.3 Å². The van der Waals surface area contributed by atoms with Crippen LogP contribution in [0.3, 0.4) is 0 Å². The highest BCUT2D eigenvalue weighted by Crippen LogP contribution is 2.31. The zero-order chi connectivity index (χ0) is 13.2. The summed E-state index contributed by atoms with van der Waals surface area (Å²) in [6.45, 7) is 11.5. The van der Waals surface area contributed by atoms with E-state index >= 15 is 0 Å². The van der Waals surface area contributed by atoms with Crippen molar-refractivity contribution in [1.82, 2.24) is 5.32 Å². The average Bonchev–Trinajstić information content (AvgIpc) is 2.91. The molecule has 1 aliphatic rings. The van der Waals surface area contributed by atoms with Gasteiger partial charge in [0.25, 0.3) is 0 Å². The van der Waals surface area contributed by atoms with Crippen molar-refractivity contribution in [3.8, 4) is 0 Å². The van der Waals surface area contributed by atoms with E-state index in [2.05, 4.69) is 54.7 Å². The average molecular weight is 266 g/mol. The fraction of sp³-hybridized carbons (Fsp3) is 0.733. The second-order valence-corrected chi connectivity index (χ2v) is 6.57. The third-order valence-electron chi connectivity index (χ3n) is 4.52. The van der Waals surface area contributed by atoms with Crippen molar-refractivity contribution in [2.24, 2.45) is 5.92 Å². The van der Waals surface area contributed by atoms with Crippen LogP contribution in [-0.4, -0.2) is 24.7 Å². The maximum absolute atomic E-state index is 3.82. The third-order valence-corrected chi connectivity index (χ3v) is 5.19. The van der Waals surface area contributed by atoms with Gasteiger partial charge in [0, 0.05) is 35.7 Å². The molecule has 3 heteroatoms. The van der Waals surface area contributed by atoms with Crippen molar-refractivity contribution in [2.75, 3.05) is 18.0 Å². The zero-order valence-corrected chi connectivity index (χ0v) is 12.9. The molecule has 1 aromatic rings. The van der Waals surface area contributed by atoms with E-state index in [1.54, 1.807) is 11.3 Å². The molecule has 1 aromatic heterocycles. The predicted molar refractivity (Wildman–Crippen MR) is 81.6 cm³/mol. The van der Waals surface area contributed by atoms with Crippen LogP contribution in [0.2, 0.25) is 0 Å². The van der Waals surface area contributed by atoms with Crippen LogP contribution in [0.15, 0.2) is 16.8 Å². The monoisotopic (exact) mass is 266 g/mol. The van der Waals surface area contributed by atoms with E-state index in [1.807, 2.05) is 0 Å². The largest absolute Gasteiger partial charge is 0.364 e. The van der Waals surface area contributed by atoms with E-state index in [4.69, 9.17) is 0 Å². The van der Waals surface area contributed by atoms with Gasteiger partial charge in [-0.3, -0.25) is 0 Å². The summed E-state index contributed by atoms with van der Waals surface area (Å²) in [5.74, 6) is 0.684. The van der Waals surface area contributed by atoms with Gasteiger partial charge in [-0.15, -0.1) is 0 Å². The van der Waals surface area contributed by atoms with Crippen molar-refractivity contribution in [2.45, 2.75) is 52.1 Å². The Bertz CT molecular complexity index is 355. The fourth-order valence-corrected chi connectivity index (χ4v) is 3.60. The number of hydrogen-bond acceptors (Lipinski definition) is 3. The lowest BCUT2D eigenvalue weighted by molar-refractivity contribution is 0.228. The summed E-state index contributed by atoms with van der Waals surface area (Å²) in [7, 11) is 0. The van der Waals surface area contributed by atoms with Crippen LogP contribution >= 0.6 is 11.3 Å². The van der Waals surface area contributed by atoms with Crippen LogP contribution < -0.4 is 10.2 Å². The molecule has 0 aromatic carbocycles. The summed E-state index contributed by atoms with van der Waals surface area (Å²) in [6, 6.07) is 2.88. The van der Waals surface area contributed by atoms with Crippen molar-refractivity contribution in [3.05, 3.63) is 16.8 Å². The molecule has 1 aliphatic heterocycles. The molecule has 102 valence electrons. The second kappa shape index (κ2) is 5.62. The minimum Gasteiger partial charge on any atom is -0.364 e. The molecule has 0 bridgehead atoms. The van der Waals surface area contributed by atoms with Gasteiger partial charge in [0.2, 0.25) is 0 Å². The quantitative estimate of drug-likeness (QED) is 0.893. The van der Waals surface area contributed by atoms with Crippen molar-refractivity contribution >= 4 is 17.0 Å². The molecular formula is C15H26N2S. The number of hydrogen-bond donors (Lipinski definition) is 1. The highest BCUT2D eigenvalue weighted by molar-refractivity contribution is 7.08. The number of anilines is 1. The molecule has 2 rings (SSSR count). The number of nitrogens with zero attached hydrogens (tertiary/aromatic N) is 1. The molecule has 1 N–H and O–H groups in total. The molecule has 1 unspecified atom stereocenters. The van der Waals surface area contributed by atoms with Crippen LogP contribution in [0, 0.1) is 5.92 Å². The van der Waals surface area contributed by atoms with Gasteiger partial charge in [0.1, 0.15) is 0 Å². The molecule has 18 heavy (non-hydrogen) atoms. The molecule has 2 nitrogen and oxygen atoms in total. The van der Waals surface area contributed by atoms with E-state index in [-0.39, 0.29) is 0 Å². The topological polar surface area (TPSA) is 15.3 Å². The molecule has 1 atom stereocenters. The summed E-state index contributed by atoms with van der Waals surface area (Å²) < 4.78 is 0. The summed E-state index contributed by atoms with van der Waals surface area (Å²) in [4.78, 5) is 2.63. The van der Waals surface area contributed by atoms with Gasteiger partial charge < -0.3 is 10.2 Å². The van der Waals surface area contributed by atoms with Crippen molar-refractivity contribution < 1.29 is 0 Å². The molecule has 2 heterocycles. The zero-order valence-electron chi connectivity index (χ0n) is 12.1. The summed E-state index contributed by atoms with van der Waals surface area (Å²) in [5, 5.41) is 8.29. The first-order valence-electron chi connectivity index (χ1n) is 7.15. The minimum atomic E-state index is 0.299. The fourth-order valence-electron chi connectivity index (χ4n) is 2.95. The second-order valence-electron chi connectivity index (χ2n) is 5.79. The lowest BCUT2D eigenvalue weighted by atomic mass is 9.86. The van der Waals surface area contributed by atoms with Crippen LogP contribution in [0.25, 0.3) is 0 Å². The molecule has 0 aliphatic carbocycles. The molecule has 0 radical (unpaired) electrons. The lowest BCUT2D eigenvalue weighted by Crippen LogP contribution is -2.65. The van der Waals surface area contributed by atoms with Crippen molar-refractivity contribution in [1.29, 1.82) is 0 Å². The maximum Gasteiger partial charge on any atom is 0.0478 e. The highest BCUT2D eigenvalue weighted by atomic mass is 32.1. The number of thiophene rings is 1. The highest BCUT2D eigenvalue weighted by Gasteiger charge is 2.37. The first kappa shape index (κ1) is 13.9. The smallest absolute Gasteiger partial charge is 0.0478 e. The Morgan fingerprint density at radius 3 is 2.67 bits per heavy atom. The normalized spacial score (nSPS) is 23.6. The van der Waals surface area contributed by atoms with E-state index in [0.29, 0.717) is 17.5 Å². The standard InChI is InChI=1S/C15H26N2S/c1-5-15(6-2)11-17(13-7-8-18-10-13)14(9-16-15)12(3)4/h7-8,10,12,14,16H,5-6,9,11H2,1-4H3. The molecule has 0 spiro atoms. The Morgan fingerprint density at radius 2 is 2.17 bits per heavy atom. The van der Waals surface area contributed by atoms with E-state index in [0.717, 1.165) is 13.1 Å². The van der Waals surface area contributed by atoms with Crippen LogP contribution in [-0.2, 0) is 0 Å². The number of piperazine rings is 1. The van der Waals surface area contributed by atoms with Gasteiger partial charge in [-0.1, -0.05) is 27.7 Å². The van der Waals surface area contributed by atoms with Gasteiger partial charge in [-0.05, 0) is 30.2 Å². The van der Waals surface area contributed by atoms with Gasteiger partial charge in [-0.25, -0.2) is 0 Å². The Labute approximate surface area is 115 Å². The Balaban J connectivity index is 2.24. The SMILES string of the molecule is CCC1(CC)CN(c2ccsc2)C(C(C)C)CN1. The first-order chi connectivity index (χ1) is 8.62. The van der Waals surface area contributed by atoms with Gasteiger partial charge in [0.15, 0.2) is 0 Å². The molecular weight excluding hydrogens is 240 g/mol. The van der Waals surface area contributed by atoms with Crippen molar-refractivity contribution in [3.63, 3.8) is 0 Å². The Hall–Kier alpha value is -0.540. The molecule has 0 saturated carbocycles. The summed E-state index contributed by atoms with van der Waals surface area (Å²) >= 11 is 1.80. The van der Waals surface area contributed by atoms with Crippen LogP contribution in [0.1, 0.15) is 40.5 Å². The number of rotatable bonds is 4. The summed E-state index contributed by atoms with van der Waals surface area (Å²) in [6.07, 6.45) is 2.41. The Morgan fingerprint density at radius 1 is 1.44 bits per heavy atom. The minimum absolute atomic E-state index is 0.299. The summed E-state index contributed by atoms with van der Waals surface area (Å²) in [5.41, 5.74) is 1.71. The molecule has 0 amide bonds. The first-order valence-corrected chi connectivity index (χ1v) is 8.10. The van der Waals surface area contributed by atoms with E-state index in [9.17, 15) is 0 Å². The van der Waals surface area contributed by atoms with E-state index in [1.165, 1.54) is 18.5 Å².